The van der Waals surface area contributed by atoms with Crippen molar-refractivity contribution in [1.29, 1.82) is 0 Å². The van der Waals surface area contributed by atoms with E-state index in [9.17, 15) is 4.79 Å². The molecule has 1 heterocycles. The molecule has 2 rings (SSSR count). The zero-order valence-electron chi connectivity index (χ0n) is 9.48. The smallest absolute Gasteiger partial charge is 0.157 e. The maximum absolute atomic E-state index is 12.1. The molecule has 1 fully saturated rings. The van der Waals surface area contributed by atoms with Crippen LogP contribution in [0.4, 0.5) is 0 Å². The van der Waals surface area contributed by atoms with Crippen LogP contribution in [0.3, 0.4) is 0 Å². The van der Waals surface area contributed by atoms with Gasteiger partial charge in [0.25, 0.3) is 0 Å². The maximum atomic E-state index is 12.1. The Morgan fingerprint density at radius 2 is 2.12 bits per heavy atom. The van der Waals surface area contributed by atoms with E-state index in [1.807, 2.05) is 12.1 Å². The molecule has 0 aromatic carbocycles. The number of carbonyl (C=O) groups excluding carboxylic acids is 1. The zero-order chi connectivity index (χ0) is 11.4. The molecule has 1 aromatic heterocycles. The van der Waals surface area contributed by atoms with E-state index in [1.54, 1.807) is 12.4 Å². The van der Waals surface area contributed by atoms with E-state index >= 15 is 0 Å². The zero-order valence-corrected chi connectivity index (χ0v) is 9.48. The van der Waals surface area contributed by atoms with Crippen molar-refractivity contribution in [1.82, 2.24) is 4.98 Å². The van der Waals surface area contributed by atoms with E-state index in [4.69, 9.17) is 5.73 Å². The molecule has 86 valence electrons. The Hall–Kier alpha value is -1.22. The summed E-state index contributed by atoms with van der Waals surface area (Å²) in [6.45, 7) is 0. The molecule has 0 amide bonds. The van der Waals surface area contributed by atoms with Gasteiger partial charge in [0.05, 0.1) is 5.54 Å². The molecule has 0 aliphatic heterocycles. The first kappa shape index (κ1) is 11.3. The summed E-state index contributed by atoms with van der Waals surface area (Å²) in [6, 6.07) is 3.78. The quantitative estimate of drug-likeness (QED) is 0.842. The lowest BCUT2D eigenvalue weighted by Gasteiger charge is -2.31. The number of rotatable bonds is 3. The van der Waals surface area contributed by atoms with Gasteiger partial charge in [0.15, 0.2) is 5.78 Å². The Labute approximate surface area is 96.1 Å². The molecule has 0 unspecified atom stereocenters. The van der Waals surface area contributed by atoms with Crippen LogP contribution in [0, 0.1) is 0 Å². The first-order valence-corrected chi connectivity index (χ1v) is 5.92. The fourth-order valence-electron chi connectivity index (χ4n) is 2.33. The summed E-state index contributed by atoms with van der Waals surface area (Å²) in [7, 11) is 0. The average Bonchev–Trinajstić information content (AvgIpc) is 2.31. The van der Waals surface area contributed by atoms with Crippen molar-refractivity contribution in [2.24, 2.45) is 5.73 Å². The molecule has 3 heteroatoms. The largest absolute Gasteiger partial charge is 0.319 e. The van der Waals surface area contributed by atoms with E-state index in [0.717, 1.165) is 31.2 Å². The molecule has 1 aliphatic rings. The highest BCUT2D eigenvalue weighted by Crippen LogP contribution is 2.27. The van der Waals surface area contributed by atoms with Gasteiger partial charge in [-0.05, 0) is 24.5 Å². The van der Waals surface area contributed by atoms with E-state index < -0.39 is 5.54 Å². The summed E-state index contributed by atoms with van der Waals surface area (Å²) in [6.07, 6.45) is 8.92. The second-order valence-electron chi connectivity index (χ2n) is 4.68. The van der Waals surface area contributed by atoms with E-state index in [1.165, 1.54) is 6.42 Å². The molecule has 0 spiro atoms. The number of aromatic nitrogens is 1. The van der Waals surface area contributed by atoms with Crippen molar-refractivity contribution in [3.63, 3.8) is 0 Å². The molecular formula is C13H18N2O. The SMILES string of the molecule is NC1(C(=O)Cc2cccnc2)CCCCC1. The first-order valence-electron chi connectivity index (χ1n) is 5.92. The first-order chi connectivity index (χ1) is 7.71. The van der Waals surface area contributed by atoms with Crippen molar-refractivity contribution in [3.8, 4) is 0 Å². The van der Waals surface area contributed by atoms with Gasteiger partial charge in [0, 0.05) is 18.8 Å². The van der Waals surface area contributed by atoms with Gasteiger partial charge in [0.2, 0.25) is 0 Å². The molecule has 2 N–H and O–H groups in total. The number of nitrogens with two attached hydrogens (primary N) is 1. The third kappa shape index (κ3) is 2.47. The molecule has 0 saturated heterocycles. The van der Waals surface area contributed by atoms with Gasteiger partial charge in [-0.25, -0.2) is 0 Å². The second-order valence-corrected chi connectivity index (χ2v) is 4.68. The number of hydrogen-bond acceptors (Lipinski definition) is 3. The molecule has 1 aromatic rings. The molecule has 1 saturated carbocycles. The fraction of sp³-hybridized carbons (Fsp3) is 0.538. The monoisotopic (exact) mass is 218 g/mol. The van der Waals surface area contributed by atoms with Crippen molar-refractivity contribution in [3.05, 3.63) is 30.1 Å². The Balaban J connectivity index is 2.02. The fourth-order valence-corrected chi connectivity index (χ4v) is 2.33. The van der Waals surface area contributed by atoms with Crippen LogP contribution in [-0.2, 0) is 11.2 Å². The summed E-state index contributed by atoms with van der Waals surface area (Å²) in [4.78, 5) is 16.1. The van der Waals surface area contributed by atoms with Crippen LogP contribution in [0.25, 0.3) is 0 Å². The van der Waals surface area contributed by atoms with Crippen molar-refractivity contribution in [2.75, 3.05) is 0 Å². The topological polar surface area (TPSA) is 56.0 Å². The van der Waals surface area contributed by atoms with Gasteiger partial charge >= 0.3 is 0 Å². The number of Topliss-reactive ketones (excluding diaryl/α,β-unsaturated/α-hetero) is 1. The highest BCUT2D eigenvalue weighted by atomic mass is 16.1. The minimum absolute atomic E-state index is 0.167. The molecule has 16 heavy (non-hydrogen) atoms. The van der Waals surface area contributed by atoms with E-state index in [2.05, 4.69) is 4.98 Å². The lowest BCUT2D eigenvalue weighted by Crippen LogP contribution is -2.50. The van der Waals surface area contributed by atoms with Crippen molar-refractivity contribution >= 4 is 5.78 Å². The van der Waals surface area contributed by atoms with Crippen LogP contribution >= 0.6 is 0 Å². The minimum atomic E-state index is -0.575. The lowest BCUT2D eigenvalue weighted by molar-refractivity contribution is -0.124. The number of ketones is 1. The van der Waals surface area contributed by atoms with Crippen LogP contribution in [0.1, 0.15) is 37.7 Å². The van der Waals surface area contributed by atoms with Gasteiger partial charge in [0.1, 0.15) is 0 Å². The van der Waals surface area contributed by atoms with Crippen LogP contribution < -0.4 is 5.73 Å². The van der Waals surface area contributed by atoms with Crippen LogP contribution in [0.15, 0.2) is 24.5 Å². The van der Waals surface area contributed by atoms with Crippen molar-refractivity contribution in [2.45, 2.75) is 44.1 Å². The Kier molecular flexibility index (Phi) is 3.34. The molecule has 0 radical (unpaired) electrons. The van der Waals surface area contributed by atoms with Crippen molar-refractivity contribution < 1.29 is 4.79 Å². The second kappa shape index (κ2) is 4.74. The van der Waals surface area contributed by atoms with Gasteiger partial charge < -0.3 is 5.73 Å². The molecular weight excluding hydrogens is 200 g/mol. The Morgan fingerprint density at radius 1 is 1.38 bits per heavy atom. The molecule has 1 aliphatic carbocycles. The van der Waals surface area contributed by atoms with E-state index in [0.29, 0.717) is 6.42 Å². The molecule has 0 bridgehead atoms. The van der Waals surface area contributed by atoms with Gasteiger partial charge in [-0.1, -0.05) is 25.3 Å². The summed E-state index contributed by atoms with van der Waals surface area (Å²) < 4.78 is 0. The predicted molar refractivity (Wildman–Crippen MR) is 63.0 cm³/mol. The number of nitrogens with zero attached hydrogens (tertiary/aromatic N) is 1. The highest BCUT2D eigenvalue weighted by molar-refractivity contribution is 5.90. The maximum Gasteiger partial charge on any atom is 0.157 e. The number of hydrogen-bond donors (Lipinski definition) is 1. The third-order valence-electron chi connectivity index (χ3n) is 3.39. The standard InChI is InChI=1S/C13H18N2O/c14-13(6-2-1-3-7-13)12(16)9-11-5-4-8-15-10-11/h4-5,8,10H,1-3,6-7,9,14H2. The number of pyridine rings is 1. The summed E-state index contributed by atoms with van der Waals surface area (Å²) in [5, 5.41) is 0. The molecule has 0 atom stereocenters. The highest BCUT2D eigenvalue weighted by Gasteiger charge is 2.34. The Morgan fingerprint density at radius 3 is 2.75 bits per heavy atom. The van der Waals surface area contributed by atoms with Crippen LogP contribution in [-0.4, -0.2) is 16.3 Å². The summed E-state index contributed by atoms with van der Waals surface area (Å²) in [5.41, 5.74) is 6.57. The van der Waals surface area contributed by atoms with Crippen LogP contribution in [0.5, 0.6) is 0 Å². The molecule has 3 nitrogen and oxygen atoms in total. The lowest BCUT2D eigenvalue weighted by atomic mass is 9.78. The van der Waals surface area contributed by atoms with Gasteiger partial charge in [-0.3, -0.25) is 9.78 Å². The average molecular weight is 218 g/mol. The van der Waals surface area contributed by atoms with E-state index in [-0.39, 0.29) is 5.78 Å². The summed E-state index contributed by atoms with van der Waals surface area (Å²) in [5.74, 6) is 0.167. The van der Waals surface area contributed by atoms with Gasteiger partial charge in [-0.2, -0.15) is 0 Å². The number of carbonyl (C=O) groups is 1. The predicted octanol–water partition coefficient (Wildman–Crippen LogP) is 1.85. The Bertz CT molecular complexity index is 355. The summed E-state index contributed by atoms with van der Waals surface area (Å²) >= 11 is 0. The third-order valence-corrected chi connectivity index (χ3v) is 3.39. The van der Waals surface area contributed by atoms with Gasteiger partial charge in [-0.15, -0.1) is 0 Å². The van der Waals surface area contributed by atoms with Crippen LogP contribution in [0.2, 0.25) is 0 Å². The normalized spacial score (nSPS) is 19.3. The minimum Gasteiger partial charge on any atom is -0.319 e.